The summed E-state index contributed by atoms with van der Waals surface area (Å²) in [5, 5.41) is 7.29. The number of carbonyl (C=O) groups excluding carboxylic acids is 1. The van der Waals surface area contributed by atoms with Gasteiger partial charge in [-0.15, -0.1) is 0 Å². The summed E-state index contributed by atoms with van der Waals surface area (Å²) in [4.78, 5) is 16.9. The molecule has 0 aliphatic carbocycles. The molecule has 0 saturated carbocycles. The number of hydrogen-bond acceptors (Lipinski definition) is 3. The van der Waals surface area contributed by atoms with Crippen molar-refractivity contribution in [2.75, 3.05) is 5.32 Å². The van der Waals surface area contributed by atoms with E-state index in [0.717, 1.165) is 29.1 Å². The summed E-state index contributed by atoms with van der Waals surface area (Å²) < 4.78 is 1.74. The molecule has 0 bridgehead atoms. The lowest BCUT2D eigenvalue weighted by molar-refractivity contribution is 0.102. The van der Waals surface area contributed by atoms with Gasteiger partial charge in [0.1, 0.15) is 5.69 Å². The van der Waals surface area contributed by atoms with Gasteiger partial charge in [-0.25, -0.2) is 9.50 Å². The van der Waals surface area contributed by atoms with Crippen LogP contribution in [-0.4, -0.2) is 20.5 Å². The van der Waals surface area contributed by atoms with Crippen molar-refractivity contribution >= 4 is 17.2 Å². The number of hydrogen-bond donors (Lipinski definition) is 1. The van der Waals surface area contributed by atoms with Gasteiger partial charge in [-0.3, -0.25) is 4.79 Å². The number of nitrogens with zero attached hydrogens (tertiary/aromatic N) is 3. The fraction of sp³-hybridized carbons (Fsp3) is 0.235. The second-order valence-corrected chi connectivity index (χ2v) is 5.30. The highest BCUT2D eigenvalue weighted by atomic mass is 16.1. The molecular formula is C17H18N4O. The van der Waals surface area contributed by atoms with E-state index in [1.807, 2.05) is 44.2 Å². The molecule has 1 N–H and O–H groups in total. The Hall–Kier alpha value is -2.69. The van der Waals surface area contributed by atoms with Crippen molar-refractivity contribution in [1.29, 1.82) is 0 Å². The molecule has 0 radical (unpaired) electrons. The SMILES string of the molecule is CCc1ccccc1NC(=O)c1cc(C)n2nc(C)cc2n1. The number of carbonyl (C=O) groups is 1. The number of nitrogens with one attached hydrogen (secondary N) is 1. The van der Waals surface area contributed by atoms with E-state index in [1.54, 1.807) is 10.6 Å². The Bertz CT molecular complexity index is 851. The normalized spacial score (nSPS) is 10.9. The molecule has 22 heavy (non-hydrogen) atoms. The maximum absolute atomic E-state index is 12.5. The number of aryl methyl sites for hydroxylation is 3. The molecule has 1 amide bonds. The minimum atomic E-state index is -0.203. The lowest BCUT2D eigenvalue weighted by Gasteiger charge is -2.10. The van der Waals surface area contributed by atoms with Gasteiger partial charge in [0.15, 0.2) is 5.65 Å². The quantitative estimate of drug-likeness (QED) is 0.807. The molecule has 0 fully saturated rings. The second kappa shape index (κ2) is 5.60. The smallest absolute Gasteiger partial charge is 0.274 e. The van der Waals surface area contributed by atoms with Gasteiger partial charge in [-0.2, -0.15) is 5.10 Å². The van der Waals surface area contributed by atoms with Gasteiger partial charge in [0, 0.05) is 17.4 Å². The van der Waals surface area contributed by atoms with E-state index in [-0.39, 0.29) is 5.91 Å². The highest BCUT2D eigenvalue weighted by molar-refractivity contribution is 6.03. The molecule has 2 heterocycles. The van der Waals surface area contributed by atoms with E-state index < -0.39 is 0 Å². The van der Waals surface area contributed by atoms with Crippen LogP contribution in [0.25, 0.3) is 5.65 Å². The largest absolute Gasteiger partial charge is 0.320 e. The van der Waals surface area contributed by atoms with Crippen LogP contribution >= 0.6 is 0 Å². The Morgan fingerprint density at radius 3 is 2.77 bits per heavy atom. The Morgan fingerprint density at radius 2 is 2.00 bits per heavy atom. The number of rotatable bonds is 3. The Balaban J connectivity index is 1.95. The van der Waals surface area contributed by atoms with Crippen molar-refractivity contribution in [2.24, 2.45) is 0 Å². The van der Waals surface area contributed by atoms with E-state index in [1.165, 1.54) is 0 Å². The number of amides is 1. The zero-order valence-electron chi connectivity index (χ0n) is 12.9. The van der Waals surface area contributed by atoms with E-state index in [4.69, 9.17) is 0 Å². The maximum Gasteiger partial charge on any atom is 0.274 e. The lowest BCUT2D eigenvalue weighted by atomic mass is 10.1. The van der Waals surface area contributed by atoms with Crippen LogP contribution in [0, 0.1) is 13.8 Å². The molecule has 5 heteroatoms. The first-order chi connectivity index (χ1) is 10.6. The zero-order valence-corrected chi connectivity index (χ0v) is 12.9. The maximum atomic E-state index is 12.5. The van der Waals surface area contributed by atoms with Gasteiger partial charge in [0.2, 0.25) is 0 Å². The number of anilines is 1. The third kappa shape index (κ3) is 2.57. The second-order valence-electron chi connectivity index (χ2n) is 5.30. The highest BCUT2D eigenvalue weighted by Gasteiger charge is 2.13. The number of aromatic nitrogens is 3. The third-order valence-electron chi connectivity index (χ3n) is 3.61. The molecule has 0 unspecified atom stereocenters. The van der Waals surface area contributed by atoms with Crippen LogP contribution in [0.2, 0.25) is 0 Å². The summed E-state index contributed by atoms with van der Waals surface area (Å²) in [6, 6.07) is 11.4. The molecule has 2 aromatic heterocycles. The predicted octanol–water partition coefficient (Wildman–Crippen LogP) is 3.16. The molecular weight excluding hydrogens is 276 g/mol. The first-order valence-corrected chi connectivity index (χ1v) is 7.31. The van der Waals surface area contributed by atoms with Gasteiger partial charge in [0.25, 0.3) is 5.91 Å². The highest BCUT2D eigenvalue weighted by Crippen LogP contribution is 2.17. The average molecular weight is 294 g/mol. The van der Waals surface area contributed by atoms with Crippen LogP contribution in [-0.2, 0) is 6.42 Å². The molecule has 0 spiro atoms. The van der Waals surface area contributed by atoms with Crippen LogP contribution in [0.15, 0.2) is 36.4 Å². The molecule has 3 aromatic rings. The van der Waals surface area contributed by atoms with Crippen LogP contribution in [0.3, 0.4) is 0 Å². The predicted molar refractivity (Wildman–Crippen MR) is 86.2 cm³/mol. The molecule has 0 saturated heterocycles. The van der Waals surface area contributed by atoms with Crippen molar-refractivity contribution in [1.82, 2.24) is 14.6 Å². The third-order valence-corrected chi connectivity index (χ3v) is 3.61. The van der Waals surface area contributed by atoms with Crippen molar-refractivity contribution in [3.8, 4) is 0 Å². The molecule has 0 aliphatic heterocycles. The van der Waals surface area contributed by atoms with Crippen molar-refractivity contribution < 1.29 is 4.79 Å². The minimum Gasteiger partial charge on any atom is -0.320 e. The summed E-state index contributed by atoms with van der Waals surface area (Å²) in [7, 11) is 0. The Kier molecular flexibility index (Phi) is 3.63. The standard InChI is InChI=1S/C17H18N4O/c1-4-13-7-5-6-8-14(13)19-17(22)15-10-12(3)21-16(18-15)9-11(2)20-21/h5-10H,4H2,1-3H3,(H,19,22). The van der Waals surface area contributed by atoms with Gasteiger partial charge in [-0.1, -0.05) is 25.1 Å². The van der Waals surface area contributed by atoms with Gasteiger partial charge < -0.3 is 5.32 Å². The summed E-state index contributed by atoms with van der Waals surface area (Å²) >= 11 is 0. The number of benzene rings is 1. The van der Waals surface area contributed by atoms with E-state index in [9.17, 15) is 4.79 Å². The Morgan fingerprint density at radius 1 is 1.23 bits per heavy atom. The molecule has 1 aromatic carbocycles. The van der Waals surface area contributed by atoms with Crippen LogP contribution in [0.1, 0.15) is 34.4 Å². The van der Waals surface area contributed by atoms with E-state index in [0.29, 0.717) is 11.3 Å². The lowest BCUT2D eigenvalue weighted by Crippen LogP contribution is -2.16. The number of fused-ring (bicyclic) bond motifs is 1. The summed E-state index contributed by atoms with van der Waals surface area (Å²) in [5.74, 6) is -0.203. The van der Waals surface area contributed by atoms with Gasteiger partial charge in [-0.05, 0) is 38.0 Å². The van der Waals surface area contributed by atoms with E-state index in [2.05, 4.69) is 22.3 Å². The topological polar surface area (TPSA) is 59.3 Å². The molecule has 5 nitrogen and oxygen atoms in total. The van der Waals surface area contributed by atoms with Gasteiger partial charge >= 0.3 is 0 Å². The summed E-state index contributed by atoms with van der Waals surface area (Å²) in [6.45, 7) is 5.89. The summed E-state index contributed by atoms with van der Waals surface area (Å²) in [5.41, 5.74) is 4.78. The van der Waals surface area contributed by atoms with Crippen LogP contribution in [0.4, 0.5) is 5.69 Å². The van der Waals surface area contributed by atoms with Crippen molar-refractivity contribution in [2.45, 2.75) is 27.2 Å². The molecule has 0 atom stereocenters. The first kappa shape index (κ1) is 14.3. The van der Waals surface area contributed by atoms with E-state index >= 15 is 0 Å². The minimum absolute atomic E-state index is 0.203. The summed E-state index contributed by atoms with van der Waals surface area (Å²) in [6.07, 6.45) is 0.865. The number of para-hydroxylation sites is 1. The van der Waals surface area contributed by atoms with Crippen LogP contribution in [0.5, 0.6) is 0 Å². The fourth-order valence-electron chi connectivity index (χ4n) is 2.49. The van der Waals surface area contributed by atoms with Crippen molar-refractivity contribution in [3.05, 3.63) is 59.0 Å². The van der Waals surface area contributed by atoms with Gasteiger partial charge in [0.05, 0.1) is 5.69 Å². The Labute approximate surface area is 129 Å². The fourth-order valence-corrected chi connectivity index (χ4v) is 2.49. The molecule has 3 rings (SSSR count). The molecule has 112 valence electrons. The van der Waals surface area contributed by atoms with Crippen LogP contribution < -0.4 is 5.32 Å². The monoisotopic (exact) mass is 294 g/mol. The van der Waals surface area contributed by atoms with Crippen molar-refractivity contribution in [3.63, 3.8) is 0 Å². The zero-order chi connectivity index (χ0) is 15.7. The first-order valence-electron chi connectivity index (χ1n) is 7.31. The molecule has 0 aliphatic rings. The average Bonchev–Trinajstić information content (AvgIpc) is 2.88.